The molecule has 0 saturated carbocycles. The topological polar surface area (TPSA) is 81.8 Å². The van der Waals surface area contributed by atoms with Crippen LogP contribution in [-0.2, 0) is 22.5 Å². The van der Waals surface area contributed by atoms with Gasteiger partial charge in [0.25, 0.3) is 0 Å². The highest BCUT2D eigenvalue weighted by Crippen LogP contribution is 2.07. The second-order valence-corrected chi connectivity index (χ2v) is 3.44. The molecule has 0 fully saturated rings. The summed E-state index contributed by atoms with van der Waals surface area (Å²) in [5.41, 5.74) is 7.38. The van der Waals surface area contributed by atoms with Crippen molar-refractivity contribution in [2.75, 3.05) is 7.11 Å². The van der Waals surface area contributed by atoms with Crippen molar-refractivity contribution in [2.45, 2.75) is 19.0 Å². The van der Waals surface area contributed by atoms with Gasteiger partial charge in [-0.25, -0.2) is 0 Å². The van der Waals surface area contributed by atoms with E-state index in [2.05, 4.69) is 9.91 Å². The zero-order valence-corrected chi connectivity index (χ0v) is 9.05. The molecule has 5 nitrogen and oxygen atoms in total. The number of nitroso groups, excluding NO2 is 1. The Morgan fingerprint density at radius 2 is 1.94 bits per heavy atom. The maximum atomic E-state index is 11.1. The van der Waals surface area contributed by atoms with Crippen molar-refractivity contribution in [3.05, 3.63) is 40.3 Å². The first-order chi connectivity index (χ1) is 7.67. The summed E-state index contributed by atoms with van der Waals surface area (Å²) < 4.78 is 4.53. The Bertz CT molecular complexity index is 362. The fourth-order valence-electron chi connectivity index (χ4n) is 1.34. The van der Waals surface area contributed by atoms with Crippen LogP contribution < -0.4 is 5.73 Å². The highest BCUT2D eigenvalue weighted by molar-refractivity contribution is 5.75. The molecule has 0 aliphatic heterocycles. The van der Waals surface area contributed by atoms with Crippen LogP contribution in [0.5, 0.6) is 0 Å². The van der Waals surface area contributed by atoms with Gasteiger partial charge in [-0.05, 0) is 17.5 Å². The second-order valence-electron chi connectivity index (χ2n) is 3.44. The van der Waals surface area contributed by atoms with Crippen LogP contribution in [0.1, 0.15) is 11.1 Å². The van der Waals surface area contributed by atoms with Gasteiger partial charge in [0.2, 0.25) is 0 Å². The molecule has 0 radical (unpaired) electrons. The lowest BCUT2D eigenvalue weighted by atomic mass is 10.0. The molecule has 0 spiro atoms. The Morgan fingerprint density at radius 1 is 1.38 bits per heavy atom. The predicted molar refractivity (Wildman–Crippen MR) is 59.6 cm³/mol. The maximum Gasteiger partial charge on any atom is 0.322 e. The normalized spacial score (nSPS) is 11.9. The van der Waals surface area contributed by atoms with Crippen molar-refractivity contribution >= 4 is 5.97 Å². The van der Waals surface area contributed by atoms with Gasteiger partial charge in [-0.3, -0.25) is 4.79 Å². The van der Waals surface area contributed by atoms with Gasteiger partial charge in [-0.1, -0.05) is 29.4 Å². The lowest BCUT2D eigenvalue weighted by molar-refractivity contribution is -0.142. The van der Waals surface area contributed by atoms with Crippen LogP contribution in [0.15, 0.2) is 29.4 Å². The Balaban J connectivity index is 2.61. The maximum absolute atomic E-state index is 11.1. The molecule has 5 heteroatoms. The molecule has 0 aromatic heterocycles. The Kier molecular flexibility index (Phi) is 4.60. The quantitative estimate of drug-likeness (QED) is 0.595. The van der Waals surface area contributed by atoms with E-state index in [1.54, 1.807) is 12.1 Å². The third-order valence-electron chi connectivity index (χ3n) is 2.23. The molecule has 2 N–H and O–H groups in total. The highest BCUT2D eigenvalue weighted by atomic mass is 16.5. The molecule has 0 saturated heterocycles. The molecule has 1 rings (SSSR count). The van der Waals surface area contributed by atoms with Crippen molar-refractivity contribution in [1.29, 1.82) is 0 Å². The number of ether oxygens (including phenoxy) is 1. The van der Waals surface area contributed by atoms with Crippen LogP contribution in [0.4, 0.5) is 0 Å². The lowest BCUT2D eigenvalue weighted by Gasteiger charge is -2.09. The lowest BCUT2D eigenvalue weighted by Crippen LogP contribution is -2.33. The fraction of sp³-hybridized carbons (Fsp3) is 0.364. The number of carbonyl (C=O) groups is 1. The fourth-order valence-corrected chi connectivity index (χ4v) is 1.34. The zero-order chi connectivity index (χ0) is 12.0. The molecular weight excluding hydrogens is 208 g/mol. The summed E-state index contributed by atoms with van der Waals surface area (Å²) in [5, 5.41) is 2.79. The molecule has 1 aromatic carbocycles. The number of methoxy groups -OCH3 is 1. The van der Waals surface area contributed by atoms with Crippen LogP contribution >= 0.6 is 0 Å². The minimum atomic E-state index is -0.653. The number of esters is 1. The number of hydrogen-bond donors (Lipinski definition) is 1. The van der Waals surface area contributed by atoms with E-state index >= 15 is 0 Å². The van der Waals surface area contributed by atoms with Crippen LogP contribution in [0.2, 0.25) is 0 Å². The van der Waals surface area contributed by atoms with E-state index in [0.29, 0.717) is 6.42 Å². The molecule has 1 atom stereocenters. The van der Waals surface area contributed by atoms with E-state index in [1.165, 1.54) is 7.11 Å². The van der Waals surface area contributed by atoms with Gasteiger partial charge < -0.3 is 10.5 Å². The molecule has 1 aromatic rings. The molecule has 1 unspecified atom stereocenters. The number of benzene rings is 1. The highest BCUT2D eigenvalue weighted by Gasteiger charge is 2.13. The number of nitrogens with zero attached hydrogens (tertiary/aromatic N) is 1. The number of hydrogen-bond acceptors (Lipinski definition) is 5. The van der Waals surface area contributed by atoms with Crippen molar-refractivity contribution in [1.82, 2.24) is 0 Å². The molecule has 0 aliphatic rings. The average Bonchev–Trinajstić information content (AvgIpc) is 2.31. The summed E-state index contributed by atoms with van der Waals surface area (Å²) in [6.07, 6.45) is 0.418. The molecular formula is C11H14N2O3. The molecule has 86 valence electrons. The van der Waals surface area contributed by atoms with Crippen LogP contribution in [0.25, 0.3) is 0 Å². The van der Waals surface area contributed by atoms with E-state index < -0.39 is 12.0 Å². The van der Waals surface area contributed by atoms with E-state index in [-0.39, 0.29) is 6.54 Å². The van der Waals surface area contributed by atoms with E-state index in [4.69, 9.17) is 5.73 Å². The van der Waals surface area contributed by atoms with Gasteiger partial charge in [-0.15, -0.1) is 0 Å². The standard InChI is InChI=1S/C11H14N2O3/c1-16-11(14)10(12)6-8-2-4-9(5-3-8)7-13-15/h2-5,10H,6-7,12H2,1H3. The van der Waals surface area contributed by atoms with Crippen molar-refractivity contribution in [2.24, 2.45) is 10.9 Å². The summed E-state index contributed by atoms with van der Waals surface area (Å²) in [7, 11) is 1.31. The number of rotatable bonds is 5. The molecule has 0 aliphatic carbocycles. The van der Waals surface area contributed by atoms with Crippen molar-refractivity contribution in [3.63, 3.8) is 0 Å². The van der Waals surface area contributed by atoms with Gasteiger partial charge in [-0.2, -0.15) is 4.91 Å². The SMILES string of the molecule is COC(=O)C(N)Cc1ccc(CN=O)cc1. The molecule has 0 heterocycles. The largest absolute Gasteiger partial charge is 0.468 e. The van der Waals surface area contributed by atoms with Crippen LogP contribution in [0.3, 0.4) is 0 Å². The van der Waals surface area contributed by atoms with E-state index in [0.717, 1.165) is 11.1 Å². The van der Waals surface area contributed by atoms with Gasteiger partial charge in [0.1, 0.15) is 12.6 Å². The monoisotopic (exact) mass is 222 g/mol. The first-order valence-electron chi connectivity index (χ1n) is 4.87. The molecule has 16 heavy (non-hydrogen) atoms. The second kappa shape index (κ2) is 5.97. The first kappa shape index (κ1) is 12.3. The molecule has 0 amide bonds. The smallest absolute Gasteiger partial charge is 0.322 e. The minimum absolute atomic E-state index is 0.156. The summed E-state index contributed by atoms with van der Waals surface area (Å²) in [6, 6.07) is 6.58. The third-order valence-corrected chi connectivity index (χ3v) is 2.23. The third kappa shape index (κ3) is 3.43. The number of nitrogens with two attached hydrogens (primary N) is 1. The van der Waals surface area contributed by atoms with Crippen molar-refractivity contribution in [3.8, 4) is 0 Å². The average molecular weight is 222 g/mol. The van der Waals surface area contributed by atoms with E-state index in [9.17, 15) is 9.70 Å². The first-order valence-corrected chi connectivity index (χ1v) is 4.87. The number of carbonyl (C=O) groups excluding carboxylic acids is 1. The van der Waals surface area contributed by atoms with Gasteiger partial charge in [0.05, 0.1) is 7.11 Å². The Morgan fingerprint density at radius 3 is 2.44 bits per heavy atom. The van der Waals surface area contributed by atoms with E-state index in [1.807, 2.05) is 12.1 Å². The summed E-state index contributed by atoms with van der Waals surface area (Å²) >= 11 is 0. The molecule has 0 bridgehead atoms. The Hall–Kier alpha value is -1.75. The zero-order valence-electron chi connectivity index (χ0n) is 9.05. The summed E-state index contributed by atoms with van der Waals surface area (Å²) in [4.78, 5) is 21.1. The summed E-state index contributed by atoms with van der Waals surface area (Å²) in [6.45, 7) is 0.156. The van der Waals surface area contributed by atoms with Crippen LogP contribution in [-0.4, -0.2) is 19.1 Å². The minimum Gasteiger partial charge on any atom is -0.468 e. The van der Waals surface area contributed by atoms with Gasteiger partial charge >= 0.3 is 5.97 Å². The van der Waals surface area contributed by atoms with Gasteiger partial charge in [0.15, 0.2) is 0 Å². The van der Waals surface area contributed by atoms with Crippen LogP contribution in [0, 0.1) is 4.91 Å². The summed E-state index contributed by atoms with van der Waals surface area (Å²) in [5.74, 6) is -0.432. The Labute approximate surface area is 93.6 Å². The predicted octanol–water partition coefficient (Wildman–Crippen LogP) is 0.996. The van der Waals surface area contributed by atoms with Gasteiger partial charge in [0, 0.05) is 0 Å². The van der Waals surface area contributed by atoms with Crippen molar-refractivity contribution < 1.29 is 9.53 Å².